The molecule has 7 nitrogen and oxygen atoms in total. The van der Waals surface area contributed by atoms with Crippen LogP contribution in [0.15, 0.2) is 11.3 Å². The number of hydrogen-bond acceptors (Lipinski definition) is 5. The van der Waals surface area contributed by atoms with E-state index in [0.717, 1.165) is 32.1 Å². The van der Waals surface area contributed by atoms with Crippen LogP contribution in [0.2, 0.25) is 0 Å². The highest BCUT2D eigenvalue weighted by molar-refractivity contribution is 9.10. The number of carbonyl (C=O) groups excluding carboxylic acids is 3. The lowest BCUT2D eigenvalue weighted by Gasteiger charge is -2.58. The number of carbonyl (C=O) groups is 3. The molecule has 4 aliphatic carbocycles. The topological polar surface area (TPSA) is 93.7 Å². The summed E-state index contributed by atoms with van der Waals surface area (Å²) >= 11 is 3.91. The van der Waals surface area contributed by atoms with Gasteiger partial charge in [0.25, 0.3) is 0 Å². The SMILES string of the molecule is CCOC(=O)C1=C(COC(=O)C23C[C@@H]4C[C@H](CC(Br)(C4)C2)C3)NC(=O)N[C@@H]1C. The summed E-state index contributed by atoms with van der Waals surface area (Å²) in [4.78, 5) is 37.3. The number of amides is 2. The zero-order valence-electron chi connectivity index (χ0n) is 16.3. The second-order valence-corrected chi connectivity index (χ2v) is 10.6. The largest absolute Gasteiger partial charge is 0.463 e. The van der Waals surface area contributed by atoms with E-state index in [2.05, 4.69) is 26.6 Å². The normalized spacial score (nSPS) is 38.7. The number of ether oxygens (including phenoxy) is 2. The molecule has 0 aromatic heterocycles. The molecule has 0 aromatic carbocycles. The summed E-state index contributed by atoms with van der Waals surface area (Å²) < 4.78 is 10.9. The van der Waals surface area contributed by atoms with Crippen LogP contribution in [0.1, 0.15) is 52.4 Å². The Bertz CT molecular complexity index is 735. The Morgan fingerprint density at radius 2 is 1.86 bits per heavy atom. The smallest absolute Gasteiger partial charge is 0.338 e. The minimum atomic E-state index is -0.511. The van der Waals surface area contributed by atoms with Crippen LogP contribution < -0.4 is 10.6 Å². The first-order valence-electron chi connectivity index (χ1n) is 10.1. The van der Waals surface area contributed by atoms with Gasteiger partial charge < -0.3 is 20.1 Å². The summed E-state index contributed by atoms with van der Waals surface area (Å²) in [5, 5.41) is 5.26. The lowest BCUT2D eigenvalue weighted by Crippen LogP contribution is -2.56. The summed E-state index contributed by atoms with van der Waals surface area (Å²) in [5.74, 6) is 0.423. The molecule has 0 unspecified atom stereocenters. The summed E-state index contributed by atoms with van der Waals surface area (Å²) in [6.07, 6.45) is 6.04. The van der Waals surface area contributed by atoms with Crippen molar-refractivity contribution >= 4 is 33.9 Å². The second kappa shape index (κ2) is 7.04. The second-order valence-electron chi connectivity index (χ2n) is 8.90. The third-order valence-corrected chi connectivity index (χ3v) is 7.56. The monoisotopic (exact) mass is 454 g/mol. The van der Waals surface area contributed by atoms with E-state index in [1.165, 1.54) is 6.42 Å². The molecule has 28 heavy (non-hydrogen) atoms. The molecule has 0 radical (unpaired) electrons. The van der Waals surface area contributed by atoms with Gasteiger partial charge in [-0.1, -0.05) is 15.9 Å². The van der Waals surface area contributed by atoms with Crippen LogP contribution in [0.25, 0.3) is 0 Å². The van der Waals surface area contributed by atoms with E-state index in [1.807, 2.05) is 0 Å². The van der Waals surface area contributed by atoms with Gasteiger partial charge in [0.05, 0.1) is 29.3 Å². The van der Waals surface area contributed by atoms with Crippen molar-refractivity contribution in [3.63, 3.8) is 0 Å². The van der Waals surface area contributed by atoms with Gasteiger partial charge in [0.15, 0.2) is 0 Å². The Morgan fingerprint density at radius 1 is 1.18 bits per heavy atom. The van der Waals surface area contributed by atoms with Crippen LogP contribution in [0.5, 0.6) is 0 Å². The maximum Gasteiger partial charge on any atom is 0.338 e. The van der Waals surface area contributed by atoms with Crippen LogP contribution in [-0.4, -0.2) is 41.5 Å². The standard InChI is InChI=1S/C20H27BrN2O5/c1-3-27-16(24)15-11(2)22-18(26)23-14(15)9-28-17(25)19-5-12-4-13(6-19)8-20(21,7-12)10-19/h11-13H,3-10H2,1-2H3,(H2,22,23,26)/t11-,12+,13+,19?,20?/m1/s1. The molecule has 2 N–H and O–H groups in total. The number of hydrogen-bond donors (Lipinski definition) is 2. The Kier molecular flexibility index (Phi) is 4.96. The summed E-state index contributed by atoms with van der Waals surface area (Å²) in [7, 11) is 0. The number of urea groups is 1. The van der Waals surface area contributed by atoms with Crippen molar-refractivity contribution in [1.82, 2.24) is 10.6 Å². The number of nitrogens with one attached hydrogen (secondary N) is 2. The molecule has 4 saturated carbocycles. The van der Waals surface area contributed by atoms with E-state index in [1.54, 1.807) is 13.8 Å². The molecular weight excluding hydrogens is 428 g/mol. The van der Waals surface area contributed by atoms with Crippen molar-refractivity contribution in [2.24, 2.45) is 17.3 Å². The van der Waals surface area contributed by atoms with Crippen LogP contribution in [-0.2, 0) is 19.1 Å². The van der Waals surface area contributed by atoms with E-state index in [0.29, 0.717) is 23.1 Å². The Labute approximate surface area is 173 Å². The fourth-order valence-corrected chi connectivity index (χ4v) is 7.53. The van der Waals surface area contributed by atoms with Crippen molar-refractivity contribution in [2.45, 2.75) is 62.7 Å². The average Bonchev–Trinajstić information content (AvgIpc) is 2.57. The van der Waals surface area contributed by atoms with E-state index in [9.17, 15) is 14.4 Å². The highest BCUT2D eigenvalue weighted by atomic mass is 79.9. The molecule has 1 aliphatic heterocycles. The van der Waals surface area contributed by atoms with Crippen LogP contribution in [0.4, 0.5) is 4.79 Å². The van der Waals surface area contributed by atoms with Crippen molar-refractivity contribution < 1.29 is 23.9 Å². The minimum Gasteiger partial charge on any atom is -0.463 e. The first-order valence-corrected chi connectivity index (χ1v) is 10.9. The van der Waals surface area contributed by atoms with E-state index in [-0.39, 0.29) is 23.5 Å². The van der Waals surface area contributed by atoms with Crippen LogP contribution >= 0.6 is 15.9 Å². The number of esters is 2. The van der Waals surface area contributed by atoms with Gasteiger partial charge in [0.1, 0.15) is 6.61 Å². The fraction of sp³-hybridized carbons (Fsp3) is 0.750. The predicted molar refractivity (Wildman–Crippen MR) is 105 cm³/mol. The predicted octanol–water partition coefficient (Wildman–Crippen LogP) is 2.78. The Balaban J connectivity index is 1.51. The first-order chi connectivity index (χ1) is 13.2. The molecule has 154 valence electrons. The van der Waals surface area contributed by atoms with Crippen molar-refractivity contribution in [3.05, 3.63) is 11.3 Å². The quantitative estimate of drug-likeness (QED) is 0.491. The van der Waals surface area contributed by atoms with Crippen LogP contribution in [0, 0.1) is 17.3 Å². The zero-order chi connectivity index (χ0) is 20.1. The molecule has 5 rings (SSSR count). The third-order valence-electron chi connectivity index (χ3n) is 6.64. The molecule has 4 bridgehead atoms. The minimum absolute atomic E-state index is 0.0585. The molecule has 8 heteroatoms. The lowest BCUT2D eigenvalue weighted by atomic mass is 9.49. The van der Waals surface area contributed by atoms with Gasteiger partial charge in [0.2, 0.25) is 0 Å². The van der Waals surface area contributed by atoms with Gasteiger partial charge in [-0.05, 0) is 64.2 Å². The van der Waals surface area contributed by atoms with Crippen molar-refractivity contribution in [2.75, 3.05) is 13.2 Å². The van der Waals surface area contributed by atoms with E-state index in [4.69, 9.17) is 9.47 Å². The van der Waals surface area contributed by atoms with E-state index < -0.39 is 23.5 Å². The van der Waals surface area contributed by atoms with Crippen molar-refractivity contribution in [3.8, 4) is 0 Å². The molecule has 5 aliphatic rings. The maximum absolute atomic E-state index is 13.1. The van der Waals surface area contributed by atoms with E-state index >= 15 is 0 Å². The van der Waals surface area contributed by atoms with Gasteiger partial charge in [-0.25, -0.2) is 9.59 Å². The maximum atomic E-state index is 13.1. The molecule has 0 aromatic rings. The number of rotatable bonds is 5. The Morgan fingerprint density at radius 3 is 2.46 bits per heavy atom. The summed E-state index contributed by atoms with van der Waals surface area (Å²) in [6, 6.07) is -0.923. The molecule has 4 fully saturated rings. The fourth-order valence-electron chi connectivity index (χ4n) is 6.07. The average molecular weight is 455 g/mol. The summed E-state index contributed by atoms with van der Waals surface area (Å²) in [5.41, 5.74) is 0.166. The summed E-state index contributed by atoms with van der Waals surface area (Å²) in [6.45, 7) is 3.54. The molecular formula is C20H27BrN2O5. The molecule has 3 atom stereocenters. The molecule has 0 saturated heterocycles. The highest BCUT2D eigenvalue weighted by Gasteiger charge is 2.60. The van der Waals surface area contributed by atoms with Crippen molar-refractivity contribution in [1.29, 1.82) is 0 Å². The lowest BCUT2D eigenvalue weighted by molar-refractivity contribution is -0.168. The van der Waals surface area contributed by atoms with Crippen LogP contribution in [0.3, 0.4) is 0 Å². The van der Waals surface area contributed by atoms with Gasteiger partial charge >= 0.3 is 18.0 Å². The zero-order valence-corrected chi connectivity index (χ0v) is 17.9. The van der Waals surface area contributed by atoms with Gasteiger partial charge in [-0.15, -0.1) is 0 Å². The number of halogens is 1. The molecule has 0 spiro atoms. The third kappa shape index (κ3) is 3.44. The van der Waals surface area contributed by atoms with Gasteiger partial charge in [-0.3, -0.25) is 4.79 Å². The Hall–Kier alpha value is -1.57. The van der Waals surface area contributed by atoms with Gasteiger partial charge in [-0.2, -0.15) is 0 Å². The van der Waals surface area contributed by atoms with Gasteiger partial charge in [0, 0.05) is 4.32 Å². The molecule has 2 amide bonds. The number of alkyl halides is 1. The first kappa shape index (κ1) is 19.7. The highest BCUT2D eigenvalue weighted by Crippen LogP contribution is 2.64. The molecule has 1 heterocycles.